The number of rotatable bonds is 1. The second kappa shape index (κ2) is 3.61. The maximum atomic E-state index is 11.9. The molecule has 1 aliphatic heterocycles. The molecule has 1 amide bonds. The van der Waals surface area contributed by atoms with Crippen molar-refractivity contribution in [1.82, 2.24) is 4.98 Å². The third kappa shape index (κ3) is 1.45. The molecule has 0 spiro atoms. The number of thiophene rings is 1. The number of nitrogens with one attached hydrogen (secondary N) is 2. The van der Waals surface area contributed by atoms with Gasteiger partial charge in [-0.3, -0.25) is 9.78 Å². The summed E-state index contributed by atoms with van der Waals surface area (Å²) in [5.74, 6) is -0.0427. The van der Waals surface area contributed by atoms with Crippen molar-refractivity contribution in [3.8, 4) is 0 Å². The zero-order chi connectivity index (χ0) is 11.0. The molecular weight excluding hydrogens is 222 g/mol. The topological polar surface area (TPSA) is 54.0 Å². The molecule has 0 saturated heterocycles. The van der Waals surface area contributed by atoms with Gasteiger partial charge in [-0.2, -0.15) is 0 Å². The molecule has 1 atom stereocenters. The van der Waals surface area contributed by atoms with Gasteiger partial charge in [-0.25, -0.2) is 0 Å². The van der Waals surface area contributed by atoms with Crippen LogP contribution in [0.2, 0.25) is 0 Å². The van der Waals surface area contributed by atoms with Crippen LogP contribution in [0.3, 0.4) is 0 Å². The van der Waals surface area contributed by atoms with Gasteiger partial charge in [0.2, 0.25) is 0 Å². The molecule has 0 fully saturated rings. The van der Waals surface area contributed by atoms with Gasteiger partial charge in [0.1, 0.15) is 6.04 Å². The Bertz CT molecular complexity index is 523. The maximum Gasteiger partial charge on any atom is 0.251 e. The van der Waals surface area contributed by atoms with E-state index in [2.05, 4.69) is 15.6 Å². The highest BCUT2D eigenvalue weighted by Gasteiger charge is 2.27. The van der Waals surface area contributed by atoms with Gasteiger partial charge in [-0.15, -0.1) is 11.3 Å². The number of hydrogen-bond acceptors (Lipinski definition) is 4. The molecule has 80 valence electrons. The molecule has 4 nitrogen and oxygen atoms in total. The zero-order valence-electron chi connectivity index (χ0n) is 8.31. The summed E-state index contributed by atoms with van der Waals surface area (Å²) in [6, 6.07) is 3.37. The van der Waals surface area contributed by atoms with Crippen LogP contribution in [0.15, 0.2) is 35.3 Å². The van der Waals surface area contributed by atoms with E-state index < -0.39 is 0 Å². The first kappa shape index (κ1) is 9.35. The molecule has 0 radical (unpaired) electrons. The average molecular weight is 231 g/mol. The smallest absolute Gasteiger partial charge is 0.251 e. The van der Waals surface area contributed by atoms with Gasteiger partial charge in [0, 0.05) is 28.7 Å². The molecule has 0 aromatic carbocycles. The van der Waals surface area contributed by atoms with Gasteiger partial charge < -0.3 is 10.6 Å². The van der Waals surface area contributed by atoms with E-state index >= 15 is 0 Å². The Morgan fingerprint density at radius 1 is 1.31 bits per heavy atom. The van der Waals surface area contributed by atoms with E-state index in [0.717, 1.165) is 16.9 Å². The van der Waals surface area contributed by atoms with Crippen molar-refractivity contribution < 1.29 is 4.79 Å². The third-order valence-electron chi connectivity index (χ3n) is 2.50. The fourth-order valence-corrected chi connectivity index (χ4v) is 2.43. The number of amides is 1. The van der Waals surface area contributed by atoms with Crippen LogP contribution in [0, 0.1) is 0 Å². The van der Waals surface area contributed by atoms with Crippen molar-refractivity contribution in [2.24, 2.45) is 0 Å². The molecular formula is C11H9N3OS. The van der Waals surface area contributed by atoms with Crippen molar-refractivity contribution in [2.75, 3.05) is 10.6 Å². The molecule has 3 rings (SSSR count). The normalized spacial score (nSPS) is 18.5. The van der Waals surface area contributed by atoms with E-state index in [1.54, 1.807) is 23.7 Å². The SMILES string of the molecule is O=C1Nc2cscc2NC1c1cccnc1. The van der Waals surface area contributed by atoms with Gasteiger partial charge in [0.25, 0.3) is 5.91 Å². The monoisotopic (exact) mass is 231 g/mol. The Morgan fingerprint density at radius 2 is 2.19 bits per heavy atom. The van der Waals surface area contributed by atoms with E-state index in [1.807, 2.05) is 22.9 Å². The lowest BCUT2D eigenvalue weighted by Gasteiger charge is -2.24. The van der Waals surface area contributed by atoms with Crippen LogP contribution in [0.4, 0.5) is 11.4 Å². The van der Waals surface area contributed by atoms with Crippen LogP contribution in [0.5, 0.6) is 0 Å². The highest BCUT2D eigenvalue weighted by molar-refractivity contribution is 7.09. The predicted octanol–water partition coefficient (Wildman–Crippen LogP) is 2.25. The van der Waals surface area contributed by atoms with Crippen LogP contribution in [0.25, 0.3) is 0 Å². The molecule has 2 aromatic heterocycles. The Morgan fingerprint density at radius 3 is 3.00 bits per heavy atom. The van der Waals surface area contributed by atoms with Crippen LogP contribution < -0.4 is 10.6 Å². The van der Waals surface area contributed by atoms with Crippen LogP contribution in [0.1, 0.15) is 11.6 Å². The fraction of sp³-hybridized carbons (Fsp3) is 0.0909. The van der Waals surface area contributed by atoms with Crippen molar-refractivity contribution in [2.45, 2.75) is 6.04 Å². The summed E-state index contributed by atoms with van der Waals surface area (Å²) < 4.78 is 0. The minimum absolute atomic E-state index is 0.0427. The van der Waals surface area contributed by atoms with Gasteiger partial charge >= 0.3 is 0 Å². The maximum absolute atomic E-state index is 11.9. The van der Waals surface area contributed by atoms with E-state index in [1.165, 1.54) is 0 Å². The molecule has 3 heterocycles. The van der Waals surface area contributed by atoms with Gasteiger partial charge in [0.05, 0.1) is 11.4 Å². The number of aromatic nitrogens is 1. The van der Waals surface area contributed by atoms with Crippen LogP contribution in [-0.4, -0.2) is 10.9 Å². The van der Waals surface area contributed by atoms with E-state index in [0.29, 0.717) is 0 Å². The summed E-state index contributed by atoms with van der Waals surface area (Å²) in [4.78, 5) is 15.9. The number of fused-ring (bicyclic) bond motifs is 1. The first-order valence-electron chi connectivity index (χ1n) is 4.88. The second-order valence-corrected chi connectivity index (χ2v) is 4.30. The van der Waals surface area contributed by atoms with E-state index in [-0.39, 0.29) is 11.9 Å². The van der Waals surface area contributed by atoms with Crippen molar-refractivity contribution >= 4 is 28.6 Å². The summed E-state index contributed by atoms with van der Waals surface area (Å²) >= 11 is 1.56. The molecule has 1 aliphatic rings. The largest absolute Gasteiger partial charge is 0.368 e. The van der Waals surface area contributed by atoms with Crippen LogP contribution in [-0.2, 0) is 4.79 Å². The third-order valence-corrected chi connectivity index (χ3v) is 3.24. The molecule has 5 heteroatoms. The molecule has 2 aromatic rings. The first-order valence-corrected chi connectivity index (χ1v) is 5.82. The highest BCUT2D eigenvalue weighted by atomic mass is 32.1. The van der Waals surface area contributed by atoms with Gasteiger partial charge in [-0.1, -0.05) is 6.07 Å². The zero-order valence-corrected chi connectivity index (χ0v) is 9.12. The molecule has 0 saturated carbocycles. The number of carbonyl (C=O) groups is 1. The average Bonchev–Trinajstić information content (AvgIpc) is 2.76. The summed E-state index contributed by atoms with van der Waals surface area (Å²) in [5.41, 5.74) is 2.70. The Hall–Kier alpha value is -1.88. The molecule has 16 heavy (non-hydrogen) atoms. The number of hydrogen-bond donors (Lipinski definition) is 2. The minimum Gasteiger partial charge on any atom is -0.368 e. The molecule has 0 bridgehead atoms. The first-order chi connectivity index (χ1) is 7.84. The van der Waals surface area contributed by atoms with E-state index in [9.17, 15) is 4.79 Å². The molecule has 0 aliphatic carbocycles. The summed E-state index contributed by atoms with van der Waals surface area (Å²) in [5, 5.41) is 9.97. The van der Waals surface area contributed by atoms with Crippen molar-refractivity contribution in [1.29, 1.82) is 0 Å². The van der Waals surface area contributed by atoms with E-state index in [4.69, 9.17) is 0 Å². The Labute approximate surface area is 96.3 Å². The van der Waals surface area contributed by atoms with Crippen molar-refractivity contribution in [3.63, 3.8) is 0 Å². The summed E-state index contributed by atoms with van der Waals surface area (Å²) in [6.07, 6.45) is 3.40. The Balaban J connectivity index is 1.97. The Kier molecular flexibility index (Phi) is 2.11. The molecule has 1 unspecified atom stereocenters. The highest BCUT2D eigenvalue weighted by Crippen LogP contribution is 2.34. The quantitative estimate of drug-likeness (QED) is 0.791. The summed E-state index contributed by atoms with van der Waals surface area (Å²) in [7, 11) is 0. The number of anilines is 2. The second-order valence-electron chi connectivity index (χ2n) is 3.55. The lowest BCUT2D eigenvalue weighted by molar-refractivity contribution is -0.117. The fourth-order valence-electron chi connectivity index (χ4n) is 1.71. The number of carbonyl (C=O) groups excluding carboxylic acids is 1. The van der Waals surface area contributed by atoms with Crippen LogP contribution >= 0.6 is 11.3 Å². The van der Waals surface area contributed by atoms with Gasteiger partial charge in [-0.05, 0) is 6.07 Å². The minimum atomic E-state index is -0.351. The summed E-state index contributed by atoms with van der Waals surface area (Å²) in [6.45, 7) is 0. The van der Waals surface area contributed by atoms with Crippen molar-refractivity contribution in [3.05, 3.63) is 40.8 Å². The standard InChI is InChI=1S/C11H9N3OS/c15-11-10(7-2-1-3-12-4-7)13-8-5-16-6-9(8)14-11/h1-6,10,13H,(H,14,15). The predicted molar refractivity (Wildman–Crippen MR) is 63.5 cm³/mol. The lowest BCUT2D eigenvalue weighted by atomic mass is 10.1. The molecule has 2 N–H and O–H groups in total. The van der Waals surface area contributed by atoms with Gasteiger partial charge in [0.15, 0.2) is 0 Å². The number of pyridine rings is 1. The lowest BCUT2D eigenvalue weighted by Crippen LogP contribution is -2.31. The number of nitrogens with zero attached hydrogens (tertiary/aromatic N) is 1.